The summed E-state index contributed by atoms with van der Waals surface area (Å²) in [7, 11) is 0. The molecule has 6 heteroatoms. The number of halogens is 1. The topological polar surface area (TPSA) is 43.6 Å². The Morgan fingerprint density at radius 2 is 2.29 bits per heavy atom. The van der Waals surface area contributed by atoms with E-state index in [1.54, 1.807) is 4.68 Å². The fraction of sp³-hybridized carbons (Fsp3) is 0.125. The summed E-state index contributed by atoms with van der Waals surface area (Å²) >= 11 is 4.92. The highest BCUT2D eigenvalue weighted by atomic mass is 79.9. The Balaban J connectivity index is 2.49. The third kappa shape index (κ3) is 1.80. The monoisotopic (exact) mass is 270 g/mol. The highest BCUT2D eigenvalue weighted by Gasteiger charge is 2.06. The van der Waals surface area contributed by atoms with Crippen molar-refractivity contribution in [1.82, 2.24) is 20.2 Å². The van der Waals surface area contributed by atoms with Gasteiger partial charge in [0.15, 0.2) is 0 Å². The number of tetrazole rings is 1. The van der Waals surface area contributed by atoms with Gasteiger partial charge in [0.25, 0.3) is 0 Å². The molecule has 4 nitrogen and oxygen atoms in total. The summed E-state index contributed by atoms with van der Waals surface area (Å²) < 4.78 is 2.72. The van der Waals surface area contributed by atoms with Crippen molar-refractivity contribution in [2.75, 3.05) is 6.26 Å². The van der Waals surface area contributed by atoms with Gasteiger partial charge in [-0.3, -0.25) is 0 Å². The van der Waals surface area contributed by atoms with E-state index in [-0.39, 0.29) is 0 Å². The number of aromatic nitrogens is 4. The van der Waals surface area contributed by atoms with Crippen LogP contribution in [0, 0.1) is 0 Å². The lowest BCUT2D eigenvalue weighted by Crippen LogP contribution is -1.98. The van der Waals surface area contributed by atoms with E-state index in [9.17, 15) is 0 Å². The third-order valence-electron chi connectivity index (χ3n) is 1.68. The predicted octanol–water partition coefficient (Wildman–Crippen LogP) is 2.15. The molecule has 14 heavy (non-hydrogen) atoms. The van der Waals surface area contributed by atoms with E-state index in [4.69, 9.17) is 0 Å². The Kier molecular flexibility index (Phi) is 2.83. The molecule has 0 aliphatic carbocycles. The Labute approximate surface area is 93.8 Å². The van der Waals surface area contributed by atoms with Crippen LogP contribution in [0.15, 0.2) is 33.9 Å². The summed E-state index contributed by atoms with van der Waals surface area (Å²) in [4.78, 5) is 0. The molecule has 0 aliphatic rings. The van der Waals surface area contributed by atoms with Crippen LogP contribution in [0.4, 0.5) is 0 Å². The first-order valence-corrected chi connectivity index (χ1v) is 5.91. The van der Waals surface area contributed by atoms with Gasteiger partial charge < -0.3 is 0 Å². The molecule has 0 atom stereocenters. The second kappa shape index (κ2) is 4.10. The van der Waals surface area contributed by atoms with E-state index in [2.05, 4.69) is 31.5 Å². The van der Waals surface area contributed by atoms with Crippen LogP contribution >= 0.6 is 27.7 Å². The molecule has 0 saturated carbocycles. The molecule has 0 fully saturated rings. The van der Waals surface area contributed by atoms with Crippen LogP contribution in [0.25, 0.3) is 5.69 Å². The van der Waals surface area contributed by atoms with Crippen LogP contribution < -0.4 is 0 Å². The standard InChI is InChI=1S/C8H7BrN4S/c1-14-8-10-11-12-13(8)7-4-2-3-6(9)5-7/h2-5H,1H3. The first kappa shape index (κ1) is 9.67. The van der Waals surface area contributed by atoms with Crippen LogP contribution in [0.5, 0.6) is 0 Å². The maximum Gasteiger partial charge on any atom is 0.213 e. The fourth-order valence-electron chi connectivity index (χ4n) is 1.08. The molecule has 0 radical (unpaired) electrons. The number of thioether (sulfide) groups is 1. The van der Waals surface area contributed by atoms with E-state index in [1.165, 1.54) is 11.8 Å². The van der Waals surface area contributed by atoms with Crippen LogP contribution in [0.3, 0.4) is 0 Å². The first-order valence-electron chi connectivity index (χ1n) is 3.89. The number of hydrogen-bond acceptors (Lipinski definition) is 4. The molecule has 2 rings (SSSR count). The van der Waals surface area contributed by atoms with Crippen LogP contribution in [0.2, 0.25) is 0 Å². The van der Waals surface area contributed by atoms with Crippen molar-refractivity contribution < 1.29 is 0 Å². The Morgan fingerprint density at radius 1 is 1.43 bits per heavy atom. The quantitative estimate of drug-likeness (QED) is 0.785. The number of rotatable bonds is 2. The highest BCUT2D eigenvalue weighted by Crippen LogP contribution is 2.18. The molecule has 1 aromatic heterocycles. The van der Waals surface area contributed by atoms with Crippen molar-refractivity contribution in [3.63, 3.8) is 0 Å². The number of nitrogens with zero attached hydrogens (tertiary/aromatic N) is 4. The Bertz CT molecular complexity index is 442. The third-order valence-corrected chi connectivity index (χ3v) is 2.79. The summed E-state index contributed by atoms with van der Waals surface area (Å²) in [5.41, 5.74) is 0.953. The molecular weight excluding hydrogens is 264 g/mol. The van der Waals surface area contributed by atoms with Crippen molar-refractivity contribution in [2.45, 2.75) is 5.16 Å². The van der Waals surface area contributed by atoms with Crippen LogP contribution in [-0.2, 0) is 0 Å². The molecule has 1 heterocycles. The maximum absolute atomic E-state index is 3.91. The van der Waals surface area contributed by atoms with Crippen molar-refractivity contribution in [3.8, 4) is 5.69 Å². The van der Waals surface area contributed by atoms with Crippen molar-refractivity contribution >= 4 is 27.7 Å². The zero-order valence-corrected chi connectivity index (χ0v) is 9.79. The molecule has 0 N–H and O–H groups in total. The summed E-state index contributed by atoms with van der Waals surface area (Å²) in [6.45, 7) is 0. The largest absolute Gasteiger partial charge is 0.213 e. The van der Waals surface area contributed by atoms with E-state index < -0.39 is 0 Å². The number of hydrogen-bond donors (Lipinski definition) is 0. The van der Waals surface area contributed by atoms with Crippen LogP contribution in [0.1, 0.15) is 0 Å². The molecule has 0 bridgehead atoms. The first-order chi connectivity index (χ1) is 6.81. The minimum absolute atomic E-state index is 0.781. The Hall–Kier alpha value is -0.880. The zero-order chi connectivity index (χ0) is 9.97. The normalized spacial score (nSPS) is 10.4. The molecule has 0 aliphatic heterocycles. The average Bonchev–Trinajstić information content (AvgIpc) is 2.65. The fourth-order valence-corrected chi connectivity index (χ4v) is 1.90. The maximum atomic E-state index is 3.91. The number of benzene rings is 1. The molecule has 0 amide bonds. The SMILES string of the molecule is CSc1nnnn1-c1cccc(Br)c1. The molecular formula is C8H7BrN4S. The van der Waals surface area contributed by atoms with Crippen molar-refractivity contribution in [2.24, 2.45) is 0 Å². The zero-order valence-electron chi connectivity index (χ0n) is 7.38. The lowest BCUT2D eigenvalue weighted by molar-refractivity contribution is 0.756. The minimum Gasteiger partial charge on any atom is -0.187 e. The van der Waals surface area contributed by atoms with Gasteiger partial charge in [-0.2, -0.15) is 4.68 Å². The summed E-state index contributed by atoms with van der Waals surface area (Å²) in [6, 6.07) is 7.84. The molecule has 0 spiro atoms. The highest BCUT2D eigenvalue weighted by molar-refractivity contribution is 9.10. The molecule has 1 aromatic carbocycles. The molecule has 0 saturated heterocycles. The molecule has 2 aromatic rings. The van der Waals surface area contributed by atoms with Crippen molar-refractivity contribution in [1.29, 1.82) is 0 Å². The second-order valence-corrected chi connectivity index (χ2v) is 4.25. The van der Waals surface area contributed by atoms with Gasteiger partial charge in [-0.05, 0) is 34.9 Å². The summed E-state index contributed by atoms with van der Waals surface area (Å²) in [6.07, 6.45) is 1.94. The van der Waals surface area contributed by atoms with Gasteiger partial charge >= 0.3 is 0 Å². The summed E-state index contributed by atoms with van der Waals surface area (Å²) in [5.74, 6) is 0. The van der Waals surface area contributed by atoms with Gasteiger partial charge in [-0.25, -0.2) is 0 Å². The van der Waals surface area contributed by atoms with E-state index >= 15 is 0 Å². The predicted molar refractivity (Wildman–Crippen MR) is 58.6 cm³/mol. The van der Waals surface area contributed by atoms with Gasteiger partial charge in [0.1, 0.15) is 0 Å². The Morgan fingerprint density at radius 3 is 3.00 bits per heavy atom. The lowest BCUT2D eigenvalue weighted by atomic mass is 10.3. The molecule has 72 valence electrons. The van der Waals surface area contributed by atoms with Gasteiger partial charge in [-0.1, -0.05) is 33.8 Å². The average molecular weight is 271 g/mol. The van der Waals surface area contributed by atoms with Crippen molar-refractivity contribution in [3.05, 3.63) is 28.7 Å². The summed E-state index contributed by atoms with van der Waals surface area (Å²) in [5, 5.41) is 12.2. The van der Waals surface area contributed by atoms with E-state index in [0.29, 0.717) is 0 Å². The van der Waals surface area contributed by atoms with E-state index in [0.717, 1.165) is 15.3 Å². The second-order valence-electron chi connectivity index (χ2n) is 2.56. The van der Waals surface area contributed by atoms with Gasteiger partial charge in [-0.15, -0.1) is 5.10 Å². The molecule has 0 unspecified atom stereocenters. The van der Waals surface area contributed by atoms with Gasteiger partial charge in [0.2, 0.25) is 5.16 Å². The van der Waals surface area contributed by atoms with E-state index in [1.807, 2.05) is 30.5 Å². The lowest BCUT2D eigenvalue weighted by Gasteiger charge is -2.01. The minimum atomic E-state index is 0.781. The van der Waals surface area contributed by atoms with Crippen LogP contribution in [-0.4, -0.2) is 26.5 Å². The van der Waals surface area contributed by atoms with Gasteiger partial charge in [0, 0.05) is 4.47 Å². The smallest absolute Gasteiger partial charge is 0.187 e. The van der Waals surface area contributed by atoms with Gasteiger partial charge in [0.05, 0.1) is 5.69 Å².